The highest BCUT2D eigenvalue weighted by atomic mass is 32.2. The van der Waals surface area contributed by atoms with Crippen molar-refractivity contribution in [1.29, 1.82) is 0 Å². The van der Waals surface area contributed by atoms with Gasteiger partial charge in [-0.25, -0.2) is 9.69 Å². The number of benzene rings is 2. The van der Waals surface area contributed by atoms with Gasteiger partial charge >= 0.3 is 6.03 Å². The molecule has 1 aromatic heterocycles. The van der Waals surface area contributed by atoms with Crippen LogP contribution < -0.4 is 16.0 Å². The Morgan fingerprint density at radius 3 is 2.09 bits per heavy atom. The van der Waals surface area contributed by atoms with Crippen molar-refractivity contribution in [3.05, 3.63) is 65.9 Å². The Morgan fingerprint density at radius 1 is 1.06 bits per heavy atom. The Kier molecular flexibility index (Phi) is 7.71. The van der Waals surface area contributed by atoms with Gasteiger partial charge in [-0.3, -0.25) is 9.48 Å². The quantitative estimate of drug-likeness (QED) is 0.470. The average molecular weight is 480 g/mol. The van der Waals surface area contributed by atoms with Gasteiger partial charge in [0.05, 0.1) is 11.4 Å². The van der Waals surface area contributed by atoms with Gasteiger partial charge in [0.1, 0.15) is 5.82 Å². The summed E-state index contributed by atoms with van der Waals surface area (Å²) in [7, 11) is 1.80. The van der Waals surface area contributed by atoms with Crippen LogP contribution in [-0.4, -0.2) is 28.3 Å². The van der Waals surface area contributed by atoms with Crippen LogP contribution in [0, 0.1) is 5.92 Å². The monoisotopic (exact) mass is 479 g/mol. The van der Waals surface area contributed by atoms with Gasteiger partial charge in [0.15, 0.2) is 0 Å². The third-order valence-electron chi connectivity index (χ3n) is 5.19. The number of carbonyl (C=O) groups is 2. The molecule has 0 fully saturated rings. The third kappa shape index (κ3) is 6.20. The Morgan fingerprint density at radius 2 is 1.62 bits per heavy atom. The summed E-state index contributed by atoms with van der Waals surface area (Å²) in [5.41, 5.74) is 7.77. The van der Waals surface area contributed by atoms with Gasteiger partial charge in [0, 0.05) is 40.4 Å². The maximum absolute atomic E-state index is 12.3. The predicted octanol–water partition coefficient (Wildman–Crippen LogP) is 5.47. The van der Waals surface area contributed by atoms with E-state index >= 15 is 0 Å². The lowest BCUT2D eigenvalue weighted by molar-refractivity contribution is 0.0949. The van der Waals surface area contributed by atoms with Crippen LogP contribution in [0.25, 0.3) is 0 Å². The van der Waals surface area contributed by atoms with E-state index in [0.717, 1.165) is 15.5 Å². The summed E-state index contributed by atoms with van der Waals surface area (Å²) >= 11 is 1.58. The molecule has 8 heteroatoms. The van der Waals surface area contributed by atoms with Crippen LogP contribution in [0.4, 0.5) is 16.3 Å². The molecule has 180 valence electrons. The minimum Gasteiger partial charge on any atom is -0.352 e. The standard InChI is InChI=1S/C26H33N5O2S/c1-17(2)16-28-24(32)18-7-11-20(12-8-18)34-21-13-9-19(10-14-21)31(25(27)33)23-15-22(26(3,4)5)29-30(23)6/h7-15,17H,16H2,1-6H3,(H2,27,33)(H,28,32). The summed E-state index contributed by atoms with van der Waals surface area (Å²) in [6.07, 6.45) is 0. The lowest BCUT2D eigenvalue weighted by atomic mass is 9.92. The number of nitrogens with two attached hydrogens (primary N) is 1. The van der Waals surface area contributed by atoms with E-state index < -0.39 is 6.03 Å². The number of aromatic nitrogens is 2. The first-order valence-electron chi connectivity index (χ1n) is 11.3. The van der Waals surface area contributed by atoms with Crippen molar-refractivity contribution in [1.82, 2.24) is 15.1 Å². The van der Waals surface area contributed by atoms with Gasteiger partial charge in [-0.1, -0.05) is 46.4 Å². The van der Waals surface area contributed by atoms with Crippen LogP contribution in [-0.2, 0) is 12.5 Å². The zero-order chi connectivity index (χ0) is 25.0. The molecule has 1 heterocycles. The molecule has 0 unspecified atom stereocenters. The number of rotatable bonds is 7. The molecule has 3 N–H and O–H groups in total. The minimum absolute atomic E-state index is 0.0640. The van der Waals surface area contributed by atoms with Crippen molar-refractivity contribution < 1.29 is 9.59 Å². The number of primary amides is 1. The van der Waals surface area contributed by atoms with E-state index in [1.54, 1.807) is 23.5 Å². The van der Waals surface area contributed by atoms with Crippen LogP contribution in [0.5, 0.6) is 0 Å². The number of hydrogen-bond donors (Lipinski definition) is 2. The zero-order valence-corrected chi connectivity index (χ0v) is 21.4. The molecule has 3 amide bonds. The van der Waals surface area contributed by atoms with Crippen molar-refractivity contribution >= 4 is 35.2 Å². The molecule has 0 atom stereocenters. The van der Waals surface area contributed by atoms with Gasteiger partial charge in [0.25, 0.3) is 5.91 Å². The van der Waals surface area contributed by atoms with E-state index in [9.17, 15) is 9.59 Å². The van der Waals surface area contributed by atoms with E-state index in [1.807, 2.05) is 54.6 Å². The van der Waals surface area contributed by atoms with E-state index in [-0.39, 0.29) is 11.3 Å². The van der Waals surface area contributed by atoms with Gasteiger partial charge in [-0.2, -0.15) is 5.10 Å². The number of hydrogen-bond acceptors (Lipinski definition) is 4. The van der Waals surface area contributed by atoms with E-state index in [4.69, 9.17) is 5.73 Å². The average Bonchev–Trinajstić information content (AvgIpc) is 3.15. The van der Waals surface area contributed by atoms with Gasteiger partial charge < -0.3 is 11.1 Å². The molecule has 3 aromatic rings. The second kappa shape index (κ2) is 10.3. The van der Waals surface area contributed by atoms with Crippen molar-refractivity contribution in [3.63, 3.8) is 0 Å². The number of aryl methyl sites for hydroxylation is 1. The molecule has 0 saturated heterocycles. The summed E-state index contributed by atoms with van der Waals surface area (Å²) in [5.74, 6) is 0.959. The molecule has 34 heavy (non-hydrogen) atoms. The molecular formula is C26H33N5O2S. The van der Waals surface area contributed by atoms with Crippen molar-refractivity contribution in [2.75, 3.05) is 11.4 Å². The maximum atomic E-state index is 12.3. The molecule has 0 radical (unpaired) electrons. The number of nitrogens with zero attached hydrogens (tertiary/aromatic N) is 3. The fraction of sp³-hybridized carbons (Fsp3) is 0.346. The highest BCUT2D eigenvalue weighted by molar-refractivity contribution is 7.99. The lowest BCUT2D eigenvalue weighted by Crippen LogP contribution is -2.32. The summed E-state index contributed by atoms with van der Waals surface area (Å²) in [4.78, 5) is 28.0. The fourth-order valence-corrected chi connectivity index (χ4v) is 4.09. The normalized spacial score (nSPS) is 11.5. The van der Waals surface area contributed by atoms with E-state index in [2.05, 4.69) is 45.0 Å². The molecule has 3 rings (SSSR count). The maximum Gasteiger partial charge on any atom is 0.325 e. The largest absolute Gasteiger partial charge is 0.352 e. The van der Waals surface area contributed by atoms with E-state index in [1.165, 1.54) is 4.90 Å². The SMILES string of the molecule is CC(C)CNC(=O)c1ccc(Sc2ccc(N(C(N)=O)c3cc(C(C)(C)C)nn3C)cc2)cc1. The summed E-state index contributed by atoms with van der Waals surface area (Å²) < 4.78 is 1.67. The molecular weight excluding hydrogens is 446 g/mol. The molecule has 0 spiro atoms. The smallest absolute Gasteiger partial charge is 0.325 e. The molecule has 0 aliphatic carbocycles. The molecule has 0 saturated carbocycles. The highest BCUT2D eigenvalue weighted by Gasteiger charge is 2.24. The van der Waals surface area contributed by atoms with E-state index in [0.29, 0.717) is 29.5 Å². The third-order valence-corrected chi connectivity index (χ3v) is 6.21. The summed E-state index contributed by atoms with van der Waals surface area (Å²) in [5, 5.41) is 7.48. The van der Waals surface area contributed by atoms with Gasteiger partial charge in [-0.05, 0) is 54.4 Å². The number of amides is 3. The van der Waals surface area contributed by atoms with Crippen LogP contribution in [0.2, 0.25) is 0 Å². The minimum atomic E-state index is -0.574. The first kappa shape index (κ1) is 25.4. The predicted molar refractivity (Wildman–Crippen MR) is 138 cm³/mol. The molecule has 0 aliphatic heterocycles. The van der Waals surface area contributed by atoms with Crippen molar-refractivity contribution in [2.24, 2.45) is 18.7 Å². The topological polar surface area (TPSA) is 93.2 Å². The molecule has 0 aliphatic rings. The second-order valence-electron chi connectivity index (χ2n) is 9.66. The van der Waals surface area contributed by atoms with Crippen LogP contribution in [0.1, 0.15) is 50.7 Å². The number of anilines is 2. The zero-order valence-electron chi connectivity index (χ0n) is 20.6. The lowest BCUT2D eigenvalue weighted by Gasteiger charge is -2.20. The van der Waals surface area contributed by atoms with Crippen molar-refractivity contribution in [2.45, 2.75) is 49.8 Å². The molecule has 7 nitrogen and oxygen atoms in total. The van der Waals surface area contributed by atoms with Gasteiger partial charge in [0.2, 0.25) is 0 Å². The first-order valence-corrected chi connectivity index (χ1v) is 12.1. The Bertz CT molecular complexity index is 1150. The molecule has 0 bridgehead atoms. The van der Waals surface area contributed by atoms with Crippen LogP contribution >= 0.6 is 11.8 Å². The molecule has 2 aromatic carbocycles. The van der Waals surface area contributed by atoms with Crippen LogP contribution in [0.3, 0.4) is 0 Å². The van der Waals surface area contributed by atoms with Crippen LogP contribution in [0.15, 0.2) is 64.4 Å². The second-order valence-corrected chi connectivity index (χ2v) is 10.8. The first-order chi connectivity index (χ1) is 16.0. The fourth-order valence-electron chi connectivity index (χ4n) is 3.28. The Labute approximate surface area is 205 Å². The van der Waals surface area contributed by atoms with Crippen molar-refractivity contribution in [3.8, 4) is 0 Å². The number of carbonyl (C=O) groups excluding carboxylic acids is 2. The summed E-state index contributed by atoms with van der Waals surface area (Å²) in [6, 6.07) is 16.5. The number of urea groups is 1. The Balaban J connectivity index is 1.74. The number of nitrogens with one attached hydrogen (secondary N) is 1. The van der Waals surface area contributed by atoms with Gasteiger partial charge in [-0.15, -0.1) is 0 Å². The summed E-state index contributed by atoms with van der Waals surface area (Å²) in [6.45, 7) is 11.0. The highest BCUT2D eigenvalue weighted by Crippen LogP contribution is 2.33. The Hall–Kier alpha value is -3.26.